The van der Waals surface area contributed by atoms with Gasteiger partial charge in [-0.3, -0.25) is 9.36 Å². The van der Waals surface area contributed by atoms with Gasteiger partial charge in [-0.05, 0) is 33.1 Å². The second-order valence-electron chi connectivity index (χ2n) is 7.30. The van der Waals surface area contributed by atoms with E-state index < -0.39 is 11.2 Å². The van der Waals surface area contributed by atoms with E-state index in [0.29, 0.717) is 19.4 Å². The standard InChI is InChI=1S/C16H22N2O4/c1-15-6-7-16(2,22-15)12-11(15)13(20)18(14(12)21)9-4-5-10(19)17(3)8-9/h9,20-21H,4-8H2,1-3H3/t9?,15-,16+. The lowest BCUT2D eigenvalue weighted by atomic mass is 9.80. The summed E-state index contributed by atoms with van der Waals surface area (Å²) in [7, 11) is 1.76. The highest BCUT2D eigenvalue weighted by molar-refractivity contribution is 5.76. The summed E-state index contributed by atoms with van der Waals surface area (Å²) < 4.78 is 7.71. The van der Waals surface area contributed by atoms with Crippen LogP contribution in [0.25, 0.3) is 0 Å². The summed E-state index contributed by atoms with van der Waals surface area (Å²) in [6, 6.07) is -0.0973. The minimum Gasteiger partial charge on any atom is -0.494 e. The molecule has 0 radical (unpaired) electrons. The topological polar surface area (TPSA) is 74.9 Å². The van der Waals surface area contributed by atoms with E-state index in [4.69, 9.17) is 4.74 Å². The minimum absolute atomic E-state index is 0.0973. The molecule has 2 bridgehead atoms. The molecule has 1 aromatic rings. The van der Waals surface area contributed by atoms with Crippen LogP contribution in [0.15, 0.2) is 0 Å². The molecule has 0 spiro atoms. The third kappa shape index (κ3) is 1.51. The fourth-order valence-electron chi connectivity index (χ4n) is 4.54. The number of carbonyl (C=O) groups is 1. The van der Waals surface area contributed by atoms with Gasteiger partial charge in [0.2, 0.25) is 17.7 Å². The molecule has 1 unspecified atom stereocenters. The first kappa shape index (κ1) is 13.9. The summed E-state index contributed by atoms with van der Waals surface area (Å²) in [4.78, 5) is 13.3. The molecule has 2 N–H and O–H groups in total. The summed E-state index contributed by atoms with van der Waals surface area (Å²) in [6.45, 7) is 4.45. The van der Waals surface area contributed by atoms with Crippen molar-refractivity contribution in [2.24, 2.45) is 0 Å². The first-order valence-electron chi connectivity index (χ1n) is 7.88. The Bertz CT molecular complexity index is 643. The molecular weight excluding hydrogens is 284 g/mol. The van der Waals surface area contributed by atoms with Crippen LogP contribution in [0.3, 0.4) is 0 Å². The van der Waals surface area contributed by atoms with Crippen molar-refractivity contribution in [3.8, 4) is 11.8 Å². The number of hydrogen-bond acceptors (Lipinski definition) is 4. The monoisotopic (exact) mass is 306 g/mol. The molecule has 3 aliphatic rings. The first-order chi connectivity index (χ1) is 10.3. The SMILES string of the molecule is CN1CC(n2c(O)c3c(c2O)[C@]2(C)CC[C@@]3(C)O2)CCC1=O. The number of nitrogens with zero attached hydrogens (tertiary/aromatic N) is 2. The van der Waals surface area contributed by atoms with Crippen LogP contribution < -0.4 is 0 Å². The predicted molar refractivity (Wildman–Crippen MR) is 78.7 cm³/mol. The van der Waals surface area contributed by atoms with Crippen molar-refractivity contribution < 1.29 is 19.7 Å². The Hall–Kier alpha value is -1.69. The zero-order valence-electron chi connectivity index (χ0n) is 13.2. The molecule has 0 aromatic carbocycles. The summed E-state index contributed by atoms with van der Waals surface area (Å²) in [5.41, 5.74) is 0.428. The summed E-state index contributed by atoms with van der Waals surface area (Å²) >= 11 is 0. The number of aromatic nitrogens is 1. The number of aromatic hydroxyl groups is 2. The molecule has 1 amide bonds. The second kappa shape index (κ2) is 3.98. The van der Waals surface area contributed by atoms with Gasteiger partial charge in [-0.15, -0.1) is 0 Å². The van der Waals surface area contributed by atoms with Crippen molar-refractivity contribution >= 4 is 5.91 Å². The maximum absolute atomic E-state index is 11.7. The van der Waals surface area contributed by atoms with Crippen LogP contribution in [0.5, 0.6) is 11.8 Å². The van der Waals surface area contributed by atoms with Crippen molar-refractivity contribution in [3.63, 3.8) is 0 Å². The van der Waals surface area contributed by atoms with Crippen LogP contribution in [-0.4, -0.2) is 39.2 Å². The summed E-state index contributed by atoms with van der Waals surface area (Å²) in [6.07, 6.45) is 2.76. The van der Waals surface area contributed by atoms with E-state index in [9.17, 15) is 15.0 Å². The Morgan fingerprint density at radius 3 is 2.18 bits per heavy atom. The maximum atomic E-state index is 11.7. The Kier molecular flexibility index (Phi) is 2.52. The molecule has 4 heterocycles. The van der Waals surface area contributed by atoms with E-state index in [1.54, 1.807) is 16.5 Å². The lowest BCUT2D eigenvalue weighted by molar-refractivity contribution is -0.133. The third-order valence-corrected chi connectivity index (χ3v) is 5.71. The molecule has 2 fully saturated rings. The van der Waals surface area contributed by atoms with E-state index in [2.05, 4.69) is 0 Å². The van der Waals surface area contributed by atoms with Gasteiger partial charge in [0.05, 0.1) is 28.4 Å². The molecule has 22 heavy (non-hydrogen) atoms. The average molecular weight is 306 g/mol. The molecule has 120 valence electrons. The fourth-order valence-corrected chi connectivity index (χ4v) is 4.54. The van der Waals surface area contributed by atoms with Gasteiger partial charge in [0.25, 0.3) is 0 Å². The number of likely N-dealkylation sites (N-methyl/N-ethyl adjacent to an activating group) is 1. The number of amides is 1. The molecule has 2 saturated heterocycles. The number of ether oxygens (including phenoxy) is 1. The van der Waals surface area contributed by atoms with Crippen LogP contribution >= 0.6 is 0 Å². The van der Waals surface area contributed by atoms with Gasteiger partial charge in [0, 0.05) is 20.0 Å². The van der Waals surface area contributed by atoms with Gasteiger partial charge in [-0.2, -0.15) is 0 Å². The highest BCUT2D eigenvalue weighted by Crippen LogP contribution is 2.64. The fraction of sp³-hybridized carbons (Fsp3) is 0.688. The second-order valence-corrected chi connectivity index (χ2v) is 7.30. The molecular formula is C16H22N2O4. The third-order valence-electron chi connectivity index (χ3n) is 5.71. The van der Waals surface area contributed by atoms with Gasteiger partial charge in [0.1, 0.15) is 0 Å². The van der Waals surface area contributed by atoms with Crippen LogP contribution in [0.2, 0.25) is 0 Å². The van der Waals surface area contributed by atoms with Crippen molar-refractivity contribution in [1.82, 2.24) is 9.47 Å². The largest absolute Gasteiger partial charge is 0.494 e. The number of carbonyl (C=O) groups excluding carboxylic acids is 1. The van der Waals surface area contributed by atoms with Crippen LogP contribution in [0.4, 0.5) is 0 Å². The molecule has 3 atom stereocenters. The Balaban J connectivity index is 1.83. The lowest BCUT2D eigenvalue weighted by Crippen LogP contribution is -2.37. The van der Waals surface area contributed by atoms with E-state index in [-0.39, 0.29) is 23.7 Å². The predicted octanol–water partition coefficient (Wildman–Crippen LogP) is 1.95. The number of fused-ring (bicyclic) bond motifs is 5. The zero-order valence-corrected chi connectivity index (χ0v) is 13.2. The van der Waals surface area contributed by atoms with Gasteiger partial charge in [0.15, 0.2) is 0 Å². The first-order valence-corrected chi connectivity index (χ1v) is 7.88. The minimum atomic E-state index is -0.521. The molecule has 4 rings (SSSR count). The lowest BCUT2D eigenvalue weighted by Gasteiger charge is -2.32. The summed E-state index contributed by atoms with van der Waals surface area (Å²) in [5, 5.41) is 21.5. The van der Waals surface area contributed by atoms with Crippen LogP contribution in [0, 0.1) is 0 Å². The average Bonchev–Trinajstić information content (AvgIpc) is 2.99. The molecule has 0 saturated carbocycles. The van der Waals surface area contributed by atoms with Crippen molar-refractivity contribution in [2.75, 3.05) is 13.6 Å². The normalized spacial score (nSPS) is 37.0. The van der Waals surface area contributed by atoms with E-state index in [1.807, 2.05) is 13.8 Å². The van der Waals surface area contributed by atoms with Crippen LogP contribution in [-0.2, 0) is 20.7 Å². The van der Waals surface area contributed by atoms with Crippen molar-refractivity contribution in [1.29, 1.82) is 0 Å². The number of hydrogen-bond donors (Lipinski definition) is 2. The van der Waals surface area contributed by atoms with Crippen LogP contribution in [0.1, 0.15) is 56.7 Å². The number of piperidine rings is 1. The molecule has 0 aliphatic carbocycles. The quantitative estimate of drug-likeness (QED) is 0.831. The van der Waals surface area contributed by atoms with E-state index >= 15 is 0 Å². The van der Waals surface area contributed by atoms with Gasteiger partial charge >= 0.3 is 0 Å². The Morgan fingerprint density at radius 2 is 1.68 bits per heavy atom. The maximum Gasteiger partial charge on any atom is 0.222 e. The van der Waals surface area contributed by atoms with Crippen molar-refractivity contribution in [3.05, 3.63) is 11.1 Å². The number of rotatable bonds is 1. The van der Waals surface area contributed by atoms with Gasteiger partial charge in [-0.25, -0.2) is 0 Å². The van der Waals surface area contributed by atoms with Crippen molar-refractivity contribution in [2.45, 2.75) is 56.8 Å². The molecule has 1 aromatic heterocycles. The smallest absolute Gasteiger partial charge is 0.222 e. The molecule has 6 nitrogen and oxygen atoms in total. The molecule has 6 heteroatoms. The van der Waals surface area contributed by atoms with E-state index in [1.165, 1.54) is 0 Å². The van der Waals surface area contributed by atoms with Gasteiger partial charge in [-0.1, -0.05) is 0 Å². The number of likely N-dealkylation sites (tertiary alicyclic amines) is 1. The van der Waals surface area contributed by atoms with E-state index in [0.717, 1.165) is 24.0 Å². The Morgan fingerprint density at radius 1 is 1.14 bits per heavy atom. The summed E-state index contributed by atoms with van der Waals surface area (Å²) in [5.74, 6) is 0.314. The zero-order chi connectivity index (χ0) is 15.9. The highest BCUT2D eigenvalue weighted by Gasteiger charge is 2.59. The molecule has 3 aliphatic heterocycles. The Labute approximate surface area is 129 Å². The highest BCUT2D eigenvalue weighted by atomic mass is 16.5. The van der Waals surface area contributed by atoms with Gasteiger partial charge < -0.3 is 19.8 Å².